The third kappa shape index (κ3) is 6.80. The Kier molecular flexibility index (Phi) is 8.87. The van der Waals surface area contributed by atoms with Gasteiger partial charge in [-0.1, -0.05) is 48.0 Å². The minimum atomic E-state index is -1.07. The fraction of sp³-hybridized carbons (Fsp3) is 0.310. The predicted molar refractivity (Wildman–Crippen MR) is 143 cm³/mol. The monoisotopic (exact) mass is 503 g/mol. The van der Waals surface area contributed by atoms with E-state index < -0.39 is 16.2 Å². The number of halogens is 1. The molecule has 0 saturated heterocycles. The third-order valence-corrected chi connectivity index (χ3v) is 7.59. The van der Waals surface area contributed by atoms with Gasteiger partial charge in [-0.15, -0.1) is 0 Å². The van der Waals surface area contributed by atoms with Gasteiger partial charge in [0.2, 0.25) is 0 Å². The first-order chi connectivity index (χ1) is 16.6. The van der Waals surface area contributed by atoms with E-state index in [9.17, 15) is 14.7 Å². The van der Waals surface area contributed by atoms with Crippen LogP contribution in [0.5, 0.6) is 0 Å². The maximum atomic E-state index is 11.9. The van der Waals surface area contributed by atoms with Crippen molar-refractivity contribution in [3.8, 4) is 12.1 Å². The lowest BCUT2D eigenvalue weighted by Gasteiger charge is -2.36. The number of hydrogen-bond donors (Lipinski definition) is 1. The Morgan fingerprint density at radius 3 is 2.23 bits per heavy atom. The standard InChI is InChI=1S/C29H30ClN3OS/c1-20(33-28(29(2,3)19-32)23-10-14-26(15-11-23)35(4)34)27(17-21-8-12-25(30)13-9-21)24-7-5-6-22(16-24)18-31/h5-16,20,27-28,33H,17H2,1-4H3/t20-,27?,28-,35?/m0/s1. The van der Waals surface area contributed by atoms with Gasteiger partial charge >= 0.3 is 0 Å². The third-order valence-electron chi connectivity index (χ3n) is 6.40. The van der Waals surface area contributed by atoms with Crippen LogP contribution in [0, 0.1) is 28.1 Å². The fourth-order valence-electron chi connectivity index (χ4n) is 4.31. The molecule has 0 spiro atoms. The van der Waals surface area contributed by atoms with Crippen LogP contribution < -0.4 is 5.32 Å². The SMILES string of the molecule is C[C@H](N[C@@H](c1ccc(S(C)=O)cc1)C(C)(C)C#N)C(Cc1ccc(Cl)cc1)c1cccc(C#N)c1. The highest BCUT2D eigenvalue weighted by molar-refractivity contribution is 7.84. The number of nitriles is 2. The van der Waals surface area contributed by atoms with Crippen LogP contribution in [-0.4, -0.2) is 16.5 Å². The van der Waals surface area contributed by atoms with Crippen LogP contribution in [0.2, 0.25) is 5.02 Å². The fourth-order valence-corrected chi connectivity index (χ4v) is 4.96. The van der Waals surface area contributed by atoms with E-state index in [-0.39, 0.29) is 18.0 Å². The van der Waals surface area contributed by atoms with Crippen molar-refractivity contribution in [2.75, 3.05) is 6.26 Å². The molecule has 3 aromatic carbocycles. The molecule has 0 aliphatic carbocycles. The van der Waals surface area contributed by atoms with Gasteiger partial charge < -0.3 is 5.32 Å². The van der Waals surface area contributed by atoms with Gasteiger partial charge in [-0.2, -0.15) is 10.5 Å². The Morgan fingerprint density at radius 2 is 1.66 bits per heavy atom. The lowest BCUT2D eigenvalue weighted by molar-refractivity contribution is 0.281. The van der Waals surface area contributed by atoms with E-state index in [2.05, 4.69) is 30.4 Å². The summed E-state index contributed by atoms with van der Waals surface area (Å²) in [5, 5.41) is 23.9. The second kappa shape index (κ2) is 11.6. The first kappa shape index (κ1) is 26.6. The Balaban J connectivity index is 1.99. The van der Waals surface area contributed by atoms with Crippen LogP contribution in [0.25, 0.3) is 0 Å². The Hall–Kier alpha value is -2.96. The van der Waals surface area contributed by atoms with Crippen molar-refractivity contribution >= 4 is 22.4 Å². The van der Waals surface area contributed by atoms with Crippen LogP contribution >= 0.6 is 11.6 Å². The lowest BCUT2D eigenvalue weighted by atomic mass is 9.79. The molecule has 1 N–H and O–H groups in total. The zero-order valence-corrected chi connectivity index (χ0v) is 22.0. The topological polar surface area (TPSA) is 76.7 Å². The maximum absolute atomic E-state index is 11.9. The van der Waals surface area contributed by atoms with Crippen molar-refractivity contribution in [3.05, 3.63) is 100 Å². The summed E-state index contributed by atoms with van der Waals surface area (Å²) in [6.45, 7) is 5.97. The van der Waals surface area contributed by atoms with Crippen LogP contribution in [-0.2, 0) is 17.2 Å². The van der Waals surface area contributed by atoms with E-state index in [0.717, 1.165) is 28.0 Å². The highest BCUT2D eigenvalue weighted by Gasteiger charge is 2.34. The second-order valence-electron chi connectivity index (χ2n) is 9.42. The summed E-state index contributed by atoms with van der Waals surface area (Å²) >= 11 is 6.10. The summed E-state index contributed by atoms with van der Waals surface area (Å²) in [5.41, 5.74) is 3.09. The molecule has 0 amide bonds. The van der Waals surface area contributed by atoms with E-state index in [1.165, 1.54) is 0 Å². The van der Waals surface area contributed by atoms with Gasteiger partial charge in [0, 0.05) is 38.9 Å². The minimum Gasteiger partial charge on any atom is -0.305 e. The van der Waals surface area contributed by atoms with Crippen LogP contribution in [0.1, 0.15) is 55.0 Å². The normalized spacial score (nSPS) is 14.8. The molecule has 0 heterocycles. The Labute approximate surface area is 216 Å². The number of nitrogens with one attached hydrogen (secondary N) is 1. The van der Waals surface area contributed by atoms with Gasteiger partial charge in [0.1, 0.15) is 0 Å². The molecule has 0 bridgehead atoms. The number of nitrogens with zero attached hydrogens (tertiary/aromatic N) is 2. The predicted octanol–water partition coefficient (Wildman–Crippen LogP) is 6.54. The molecule has 2 unspecified atom stereocenters. The molecule has 35 heavy (non-hydrogen) atoms. The van der Waals surface area contributed by atoms with E-state index >= 15 is 0 Å². The highest BCUT2D eigenvalue weighted by Crippen LogP contribution is 2.36. The van der Waals surface area contributed by atoms with Gasteiger partial charge in [0.05, 0.1) is 29.2 Å². The van der Waals surface area contributed by atoms with Crippen molar-refractivity contribution in [2.45, 2.75) is 50.1 Å². The molecule has 4 nitrogen and oxygen atoms in total. The largest absolute Gasteiger partial charge is 0.305 e. The van der Waals surface area contributed by atoms with Crippen LogP contribution in [0.15, 0.2) is 77.7 Å². The first-order valence-corrected chi connectivity index (χ1v) is 13.4. The van der Waals surface area contributed by atoms with E-state index in [1.807, 2.05) is 80.6 Å². The summed E-state index contributed by atoms with van der Waals surface area (Å²) in [5.74, 6) is 0.0453. The summed E-state index contributed by atoms with van der Waals surface area (Å²) in [6.07, 6.45) is 2.40. The van der Waals surface area contributed by atoms with Crippen molar-refractivity contribution < 1.29 is 4.21 Å². The molecule has 0 aliphatic heterocycles. The summed E-state index contributed by atoms with van der Waals surface area (Å²) in [4.78, 5) is 0.754. The molecule has 3 aromatic rings. The van der Waals surface area contributed by atoms with Gasteiger partial charge in [0.25, 0.3) is 0 Å². The minimum absolute atomic E-state index is 0.0303. The molecule has 4 atom stereocenters. The van der Waals surface area contributed by atoms with Crippen molar-refractivity contribution in [1.29, 1.82) is 10.5 Å². The summed E-state index contributed by atoms with van der Waals surface area (Å²) in [7, 11) is -1.07. The quantitative estimate of drug-likeness (QED) is 0.359. The number of rotatable bonds is 9. The van der Waals surface area contributed by atoms with E-state index in [1.54, 1.807) is 6.26 Å². The summed E-state index contributed by atoms with van der Waals surface area (Å²) < 4.78 is 11.9. The highest BCUT2D eigenvalue weighted by atomic mass is 35.5. The molecule has 180 valence electrons. The average molecular weight is 504 g/mol. The van der Waals surface area contributed by atoms with Gasteiger partial charge in [-0.05, 0) is 80.3 Å². The van der Waals surface area contributed by atoms with E-state index in [4.69, 9.17) is 11.6 Å². The number of hydrogen-bond acceptors (Lipinski definition) is 4. The smallest absolute Gasteiger partial charge is 0.0991 e. The maximum Gasteiger partial charge on any atom is 0.0991 e. The van der Waals surface area contributed by atoms with Crippen molar-refractivity contribution in [1.82, 2.24) is 5.32 Å². The average Bonchev–Trinajstić information content (AvgIpc) is 2.86. The zero-order chi connectivity index (χ0) is 25.6. The van der Waals surface area contributed by atoms with Gasteiger partial charge in [-0.25, -0.2) is 0 Å². The first-order valence-electron chi connectivity index (χ1n) is 11.5. The Morgan fingerprint density at radius 1 is 1.00 bits per heavy atom. The second-order valence-corrected chi connectivity index (χ2v) is 11.2. The molecule has 0 saturated carbocycles. The van der Waals surface area contributed by atoms with Crippen molar-refractivity contribution in [3.63, 3.8) is 0 Å². The van der Waals surface area contributed by atoms with Gasteiger partial charge in [0.15, 0.2) is 0 Å². The molecule has 0 aliphatic rings. The lowest BCUT2D eigenvalue weighted by Crippen LogP contribution is -2.42. The van der Waals surface area contributed by atoms with E-state index in [0.29, 0.717) is 10.6 Å². The molecule has 3 rings (SSSR count). The molecular weight excluding hydrogens is 474 g/mol. The molecular formula is C29H30ClN3OS. The number of benzene rings is 3. The molecule has 0 aromatic heterocycles. The summed E-state index contributed by atoms with van der Waals surface area (Å²) in [6, 6.07) is 27.6. The van der Waals surface area contributed by atoms with Crippen molar-refractivity contribution in [2.24, 2.45) is 5.41 Å². The zero-order valence-electron chi connectivity index (χ0n) is 20.5. The van der Waals surface area contributed by atoms with Crippen LogP contribution in [0.3, 0.4) is 0 Å². The molecule has 0 radical (unpaired) electrons. The Bertz CT molecular complexity index is 1260. The molecule has 6 heteroatoms. The van der Waals surface area contributed by atoms with Crippen LogP contribution in [0.4, 0.5) is 0 Å². The molecule has 0 fully saturated rings. The van der Waals surface area contributed by atoms with Gasteiger partial charge in [-0.3, -0.25) is 4.21 Å².